The zero-order chi connectivity index (χ0) is 17.8. The molecular weight excluding hydrogens is 296 g/mol. The average molecular weight is 320 g/mol. The second kappa shape index (κ2) is 11.1. The molecule has 0 spiro atoms. The molecule has 0 bridgehead atoms. The maximum Gasteiger partial charge on any atom is 0.351 e. The van der Waals surface area contributed by atoms with Gasteiger partial charge in [0.05, 0.1) is 7.11 Å². The predicted octanol–water partition coefficient (Wildman–Crippen LogP) is 3.97. The van der Waals surface area contributed by atoms with Crippen molar-refractivity contribution in [1.82, 2.24) is 0 Å². The van der Waals surface area contributed by atoms with Crippen LogP contribution in [0.2, 0.25) is 0 Å². The molecule has 5 nitrogen and oxygen atoms in total. The van der Waals surface area contributed by atoms with Gasteiger partial charge in [-0.05, 0) is 11.6 Å². The van der Waals surface area contributed by atoms with Crippen LogP contribution < -0.4 is 0 Å². The van der Waals surface area contributed by atoms with Crippen LogP contribution in [-0.4, -0.2) is 24.2 Å². The first-order valence-electron chi connectivity index (χ1n) is 7.26. The van der Waals surface area contributed by atoms with Gasteiger partial charge in [0.2, 0.25) is 6.10 Å². The van der Waals surface area contributed by atoms with Crippen LogP contribution in [0.5, 0.6) is 0 Å². The third-order valence-corrected chi connectivity index (χ3v) is 2.41. The van der Waals surface area contributed by atoms with Gasteiger partial charge >= 0.3 is 11.9 Å². The topological polar surface area (TPSA) is 72.8 Å². The number of methoxy groups -OCH3 is 1. The number of aliphatic hydroxyl groups excluding tert-OH is 1. The highest BCUT2D eigenvalue weighted by molar-refractivity contribution is 5.80. The molecule has 1 aromatic rings. The zero-order valence-corrected chi connectivity index (χ0v) is 14.0. The largest absolute Gasteiger partial charge is 0.509 e. The van der Waals surface area contributed by atoms with E-state index in [2.05, 4.69) is 25.2 Å². The van der Waals surface area contributed by atoms with E-state index in [-0.39, 0.29) is 5.76 Å². The number of hydrogen-bond acceptors (Lipinski definition) is 5. The van der Waals surface area contributed by atoms with Gasteiger partial charge in [-0.1, -0.05) is 57.2 Å². The molecular formula is C18H24O5. The van der Waals surface area contributed by atoms with Crippen molar-refractivity contribution in [2.24, 2.45) is 0 Å². The highest BCUT2D eigenvalue weighted by Gasteiger charge is 2.24. The van der Waals surface area contributed by atoms with Crippen LogP contribution >= 0.6 is 0 Å². The summed E-state index contributed by atoms with van der Waals surface area (Å²) in [5.74, 6) is -1.27. The molecule has 1 unspecified atom stereocenters. The number of aliphatic hydroxyl groups is 1. The van der Waals surface area contributed by atoms with E-state index >= 15 is 0 Å². The number of carbonyl (C=O) groups is 2. The van der Waals surface area contributed by atoms with E-state index in [4.69, 9.17) is 9.84 Å². The molecule has 23 heavy (non-hydrogen) atoms. The molecule has 1 aromatic carbocycles. The second-order valence-corrected chi connectivity index (χ2v) is 4.71. The lowest BCUT2D eigenvalue weighted by Gasteiger charge is -2.15. The van der Waals surface area contributed by atoms with Gasteiger partial charge in [0, 0.05) is 12.5 Å². The maximum absolute atomic E-state index is 11.6. The second-order valence-electron chi connectivity index (χ2n) is 4.71. The Hall–Kier alpha value is -2.56. The first-order chi connectivity index (χ1) is 10.8. The van der Waals surface area contributed by atoms with Crippen LogP contribution in [0.25, 0.3) is 6.08 Å². The van der Waals surface area contributed by atoms with E-state index in [9.17, 15) is 9.59 Å². The van der Waals surface area contributed by atoms with Crippen LogP contribution in [0.3, 0.4) is 0 Å². The number of hydrogen-bond donors (Lipinski definition) is 1. The number of esters is 2. The summed E-state index contributed by atoms with van der Waals surface area (Å²) in [5, 5.41) is 8.96. The molecule has 1 atom stereocenters. The molecule has 0 heterocycles. The van der Waals surface area contributed by atoms with Crippen molar-refractivity contribution < 1.29 is 24.2 Å². The molecule has 0 amide bonds. The standard InChI is InChI=1S/C15H16O5.C3H8/c1-10(16)4-5-12-6-8-13(9-7-12)14(15(18)19-3)20-11(2)17;1-3-2/h4-9,14,16H,1H2,2-3H3;3H2,1-2H3/b5-4+;. The molecule has 1 rings (SSSR count). The van der Waals surface area contributed by atoms with Gasteiger partial charge < -0.3 is 14.6 Å². The van der Waals surface area contributed by atoms with Gasteiger partial charge in [0.1, 0.15) is 5.76 Å². The lowest BCUT2D eigenvalue weighted by Crippen LogP contribution is -2.19. The molecule has 126 valence electrons. The first-order valence-corrected chi connectivity index (χ1v) is 7.26. The van der Waals surface area contributed by atoms with Crippen LogP contribution in [0.4, 0.5) is 0 Å². The number of ether oxygens (including phenoxy) is 2. The van der Waals surface area contributed by atoms with Crippen molar-refractivity contribution >= 4 is 18.0 Å². The van der Waals surface area contributed by atoms with Crippen molar-refractivity contribution in [2.75, 3.05) is 7.11 Å². The number of rotatable bonds is 5. The minimum atomic E-state index is -1.08. The highest BCUT2D eigenvalue weighted by Crippen LogP contribution is 2.20. The Bertz CT molecular complexity index is 543. The molecule has 0 aliphatic rings. The van der Waals surface area contributed by atoms with E-state index < -0.39 is 18.0 Å². The lowest BCUT2D eigenvalue weighted by atomic mass is 10.1. The molecule has 0 saturated carbocycles. The molecule has 0 radical (unpaired) electrons. The third-order valence-electron chi connectivity index (χ3n) is 2.41. The fraction of sp³-hybridized carbons (Fsp3) is 0.333. The van der Waals surface area contributed by atoms with Crippen molar-refractivity contribution in [3.05, 3.63) is 53.8 Å². The van der Waals surface area contributed by atoms with E-state index in [1.165, 1.54) is 26.5 Å². The molecule has 0 aliphatic carbocycles. The van der Waals surface area contributed by atoms with Gasteiger partial charge in [-0.25, -0.2) is 4.79 Å². The van der Waals surface area contributed by atoms with Gasteiger partial charge in [0.15, 0.2) is 0 Å². The van der Waals surface area contributed by atoms with E-state index in [0.29, 0.717) is 5.56 Å². The number of allylic oxidation sites excluding steroid dienone is 1. The lowest BCUT2D eigenvalue weighted by molar-refractivity contribution is -0.165. The highest BCUT2D eigenvalue weighted by atomic mass is 16.6. The minimum absolute atomic E-state index is 0.0542. The van der Waals surface area contributed by atoms with Gasteiger partial charge in [0.25, 0.3) is 0 Å². The Morgan fingerprint density at radius 2 is 1.78 bits per heavy atom. The van der Waals surface area contributed by atoms with E-state index in [1.807, 2.05) is 0 Å². The number of benzene rings is 1. The van der Waals surface area contributed by atoms with Crippen molar-refractivity contribution in [1.29, 1.82) is 0 Å². The summed E-state index contributed by atoms with van der Waals surface area (Å²) in [6.45, 7) is 8.81. The Morgan fingerprint density at radius 3 is 2.17 bits per heavy atom. The third kappa shape index (κ3) is 8.46. The Labute approximate surface area is 137 Å². The zero-order valence-electron chi connectivity index (χ0n) is 14.0. The summed E-state index contributed by atoms with van der Waals surface area (Å²) in [6, 6.07) is 6.72. The molecule has 5 heteroatoms. The molecule has 0 aromatic heterocycles. The molecule has 1 N–H and O–H groups in total. The SMILES string of the molecule is C=C(O)/C=C/c1ccc(C(OC(C)=O)C(=O)OC)cc1.CCC. The predicted molar refractivity (Wildman–Crippen MR) is 89.7 cm³/mol. The summed E-state index contributed by atoms with van der Waals surface area (Å²) in [7, 11) is 1.22. The molecule has 0 aliphatic heterocycles. The van der Waals surface area contributed by atoms with E-state index in [1.54, 1.807) is 30.3 Å². The van der Waals surface area contributed by atoms with Gasteiger partial charge in [-0.2, -0.15) is 0 Å². The summed E-state index contributed by atoms with van der Waals surface area (Å²) >= 11 is 0. The molecule has 0 fully saturated rings. The Kier molecular flexibility index (Phi) is 9.83. The fourth-order valence-corrected chi connectivity index (χ4v) is 1.50. The smallest absolute Gasteiger partial charge is 0.351 e. The van der Waals surface area contributed by atoms with Crippen LogP contribution in [-0.2, 0) is 19.1 Å². The maximum atomic E-state index is 11.6. The Balaban J connectivity index is 0.00000149. The minimum Gasteiger partial charge on any atom is -0.509 e. The quantitative estimate of drug-likeness (QED) is 0.505. The van der Waals surface area contributed by atoms with Crippen LogP contribution in [0, 0.1) is 0 Å². The first kappa shape index (κ1) is 20.4. The van der Waals surface area contributed by atoms with Gasteiger partial charge in [-0.3, -0.25) is 4.79 Å². The average Bonchev–Trinajstić information content (AvgIpc) is 2.51. The Morgan fingerprint density at radius 1 is 1.26 bits per heavy atom. The van der Waals surface area contributed by atoms with Crippen molar-refractivity contribution in [2.45, 2.75) is 33.3 Å². The van der Waals surface area contributed by atoms with Crippen LogP contribution in [0.15, 0.2) is 42.7 Å². The van der Waals surface area contributed by atoms with Gasteiger partial charge in [-0.15, -0.1) is 0 Å². The molecule has 0 saturated heterocycles. The summed E-state index contributed by atoms with van der Waals surface area (Å²) < 4.78 is 9.54. The van der Waals surface area contributed by atoms with Crippen LogP contribution in [0.1, 0.15) is 44.4 Å². The monoisotopic (exact) mass is 320 g/mol. The fourth-order valence-electron chi connectivity index (χ4n) is 1.50. The van der Waals surface area contributed by atoms with Crippen molar-refractivity contribution in [3.63, 3.8) is 0 Å². The van der Waals surface area contributed by atoms with Crippen molar-refractivity contribution in [3.8, 4) is 0 Å². The summed E-state index contributed by atoms with van der Waals surface area (Å²) in [4.78, 5) is 22.6. The summed E-state index contributed by atoms with van der Waals surface area (Å²) in [5.41, 5.74) is 1.31. The van der Waals surface area contributed by atoms with E-state index in [0.717, 1.165) is 5.56 Å². The normalized spacial score (nSPS) is 11.1. The number of carbonyl (C=O) groups excluding carboxylic acids is 2. The summed E-state index contributed by atoms with van der Waals surface area (Å²) in [6.07, 6.45) is 3.27.